The Balaban J connectivity index is 2.36. The minimum atomic E-state index is -0.799. The van der Waals surface area contributed by atoms with Gasteiger partial charge in [0.1, 0.15) is 0 Å². The molecule has 0 heterocycles. The van der Waals surface area contributed by atoms with Gasteiger partial charge >= 0.3 is 5.97 Å². The lowest BCUT2D eigenvalue weighted by atomic mass is 9.84. The van der Waals surface area contributed by atoms with Crippen molar-refractivity contribution in [3.8, 4) is 0 Å². The van der Waals surface area contributed by atoms with E-state index in [9.17, 15) is 9.59 Å². The number of carboxylic acids is 1. The van der Waals surface area contributed by atoms with Crippen molar-refractivity contribution in [1.82, 2.24) is 5.32 Å². The Labute approximate surface area is 102 Å². The molecule has 1 aliphatic carbocycles. The van der Waals surface area contributed by atoms with E-state index in [4.69, 9.17) is 9.84 Å². The van der Waals surface area contributed by atoms with Crippen LogP contribution in [-0.2, 0) is 14.3 Å². The van der Waals surface area contributed by atoms with Gasteiger partial charge in [-0.05, 0) is 19.3 Å². The summed E-state index contributed by atoms with van der Waals surface area (Å²) in [4.78, 5) is 22.6. The molecule has 2 atom stereocenters. The largest absolute Gasteiger partial charge is 0.481 e. The summed E-state index contributed by atoms with van der Waals surface area (Å²) in [6.07, 6.45) is 4.44. The lowest BCUT2D eigenvalue weighted by molar-refractivity contribution is -0.144. The molecule has 0 bridgehead atoms. The van der Waals surface area contributed by atoms with E-state index in [1.165, 1.54) is 0 Å². The molecule has 0 aromatic carbocycles. The van der Waals surface area contributed by atoms with E-state index in [2.05, 4.69) is 5.32 Å². The van der Waals surface area contributed by atoms with Gasteiger partial charge in [0.25, 0.3) is 0 Å². The minimum Gasteiger partial charge on any atom is -0.481 e. The van der Waals surface area contributed by atoms with E-state index in [0.717, 1.165) is 19.3 Å². The average Bonchev–Trinajstić information content (AvgIpc) is 2.29. The fourth-order valence-electron chi connectivity index (χ4n) is 2.26. The highest BCUT2D eigenvalue weighted by Gasteiger charge is 2.31. The number of nitrogens with one attached hydrogen (secondary N) is 1. The predicted molar refractivity (Wildman–Crippen MR) is 62.6 cm³/mol. The maximum absolute atomic E-state index is 11.6. The normalized spacial score (nSPS) is 24.3. The number of hydrogen-bond acceptors (Lipinski definition) is 3. The second-order valence-corrected chi connectivity index (χ2v) is 4.50. The molecule has 0 saturated heterocycles. The number of methoxy groups -OCH3 is 1. The summed E-state index contributed by atoms with van der Waals surface area (Å²) < 4.78 is 4.87. The van der Waals surface area contributed by atoms with Gasteiger partial charge in [-0.3, -0.25) is 9.59 Å². The Morgan fingerprint density at radius 2 is 2.06 bits per heavy atom. The third-order valence-electron chi connectivity index (χ3n) is 3.18. The zero-order valence-electron chi connectivity index (χ0n) is 10.3. The van der Waals surface area contributed by atoms with Crippen LogP contribution in [0.2, 0.25) is 0 Å². The summed E-state index contributed by atoms with van der Waals surface area (Å²) >= 11 is 0. The van der Waals surface area contributed by atoms with Crippen LogP contribution in [0.4, 0.5) is 0 Å². The topological polar surface area (TPSA) is 75.6 Å². The van der Waals surface area contributed by atoms with Gasteiger partial charge in [0.05, 0.1) is 5.92 Å². The van der Waals surface area contributed by atoms with Gasteiger partial charge < -0.3 is 15.2 Å². The van der Waals surface area contributed by atoms with Crippen molar-refractivity contribution < 1.29 is 19.4 Å². The van der Waals surface area contributed by atoms with Crippen molar-refractivity contribution in [2.75, 3.05) is 13.7 Å². The van der Waals surface area contributed by atoms with E-state index in [0.29, 0.717) is 25.9 Å². The number of aliphatic carboxylic acids is 1. The van der Waals surface area contributed by atoms with Gasteiger partial charge in [-0.1, -0.05) is 12.8 Å². The number of carbonyl (C=O) groups is 2. The van der Waals surface area contributed by atoms with E-state index < -0.39 is 11.9 Å². The van der Waals surface area contributed by atoms with Gasteiger partial charge in [-0.25, -0.2) is 0 Å². The first kappa shape index (κ1) is 14.0. The quantitative estimate of drug-likeness (QED) is 0.687. The first-order valence-electron chi connectivity index (χ1n) is 6.16. The molecule has 0 aromatic heterocycles. The first-order chi connectivity index (χ1) is 8.15. The van der Waals surface area contributed by atoms with Crippen LogP contribution in [0.3, 0.4) is 0 Å². The SMILES string of the molecule is COCCCC(=O)NC1CCCCC1C(=O)O. The van der Waals surface area contributed by atoms with Crippen LogP contribution >= 0.6 is 0 Å². The molecule has 98 valence electrons. The van der Waals surface area contributed by atoms with Crippen molar-refractivity contribution in [3.63, 3.8) is 0 Å². The predicted octanol–water partition coefficient (Wildman–Crippen LogP) is 1.17. The van der Waals surface area contributed by atoms with Crippen LogP contribution in [0, 0.1) is 5.92 Å². The Bertz CT molecular complexity index is 267. The Morgan fingerprint density at radius 1 is 1.35 bits per heavy atom. The van der Waals surface area contributed by atoms with Crippen LogP contribution in [-0.4, -0.2) is 36.7 Å². The number of ether oxygens (including phenoxy) is 1. The van der Waals surface area contributed by atoms with Crippen molar-refractivity contribution in [3.05, 3.63) is 0 Å². The van der Waals surface area contributed by atoms with Crippen LogP contribution in [0.1, 0.15) is 38.5 Å². The average molecular weight is 243 g/mol. The zero-order valence-corrected chi connectivity index (χ0v) is 10.3. The van der Waals surface area contributed by atoms with E-state index in [1.807, 2.05) is 0 Å². The van der Waals surface area contributed by atoms with E-state index in [1.54, 1.807) is 7.11 Å². The third-order valence-corrected chi connectivity index (χ3v) is 3.18. The number of hydrogen-bond donors (Lipinski definition) is 2. The molecule has 17 heavy (non-hydrogen) atoms. The molecule has 2 unspecified atom stereocenters. The number of amides is 1. The second-order valence-electron chi connectivity index (χ2n) is 4.50. The van der Waals surface area contributed by atoms with Gasteiger partial charge in [0.15, 0.2) is 0 Å². The highest BCUT2D eigenvalue weighted by atomic mass is 16.5. The molecule has 2 N–H and O–H groups in total. The molecule has 0 radical (unpaired) electrons. The fourth-order valence-corrected chi connectivity index (χ4v) is 2.26. The Kier molecular flexibility index (Phi) is 5.97. The van der Waals surface area contributed by atoms with Crippen molar-refractivity contribution in [2.24, 2.45) is 5.92 Å². The van der Waals surface area contributed by atoms with Crippen LogP contribution in [0.5, 0.6) is 0 Å². The smallest absolute Gasteiger partial charge is 0.308 e. The molecule has 0 spiro atoms. The molecule has 1 fully saturated rings. The Hall–Kier alpha value is -1.10. The lowest BCUT2D eigenvalue weighted by Gasteiger charge is -2.29. The van der Waals surface area contributed by atoms with E-state index >= 15 is 0 Å². The Morgan fingerprint density at radius 3 is 2.71 bits per heavy atom. The highest BCUT2D eigenvalue weighted by Crippen LogP contribution is 2.24. The molecule has 5 nitrogen and oxygen atoms in total. The van der Waals surface area contributed by atoms with Gasteiger partial charge in [-0.15, -0.1) is 0 Å². The third kappa shape index (κ3) is 4.73. The van der Waals surface area contributed by atoms with Crippen molar-refractivity contribution in [2.45, 2.75) is 44.6 Å². The summed E-state index contributed by atoms with van der Waals surface area (Å²) in [5.74, 6) is -1.29. The van der Waals surface area contributed by atoms with Gasteiger partial charge in [0, 0.05) is 26.2 Å². The van der Waals surface area contributed by atoms with Crippen molar-refractivity contribution in [1.29, 1.82) is 0 Å². The fraction of sp³-hybridized carbons (Fsp3) is 0.833. The summed E-state index contributed by atoms with van der Waals surface area (Å²) in [5, 5.41) is 11.9. The molecule has 0 aromatic rings. The van der Waals surface area contributed by atoms with Crippen LogP contribution < -0.4 is 5.32 Å². The molecule has 0 aliphatic heterocycles. The number of rotatable bonds is 6. The monoisotopic (exact) mass is 243 g/mol. The molecule has 1 aliphatic rings. The minimum absolute atomic E-state index is 0.0693. The summed E-state index contributed by atoms with van der Waals surface area (Å²) in [5.41, 5.74) is 0. The maximum atomic E-state index is 11.6. The zero-order chi connectivity index (χ0) is 12.7. The molecule has 1 rings (SSSR count). The second kappa shape index (κ2) is 7.27. The number of carboxylic acid groups (broad SMARTS) is 1. The van der Waals surface area contributed by atoms with Crippen LogP contribution in [0.15, 0.2) is 0 Å². The highest BCUT2D eigenvalue weighted by molar-refractivity contribution is 5.78. The molecule has 5 heteroatoms. The summed E-state index contributed by atoms with van der Waals surface area (Å²) in [7, 11) is 1.60. The first-order valence-corrected chi connectivity index (χ1v) is 6.16. The lowest BCUT2D eigenvalue weighted by Crippen LogP contribution is -2.45. The maximum Gasteiger partial charge on any atom is 0.308 e. The summed E-state index contributed by atoms with van der Waals surface area (Å²) in [6.45, 7) is 0.556. The molecular formula is C12H21NO4. The van der Waals surface area contributed by atoms with Crippen LogP contribution in [0.25, 0.3) is 0 Å². The number of carbonyl (C=O) groups excluding carboxylic acids is 1. The standard InChI is InChI=1S/C12H21NO4/c1-17-8-4-7-11(14)13-10-6-3-2-5-9(10)12(15)16/h9-10H,2-8H2,1H3,(H,13,14)(H,15,16). The van der Waals surface area contributed by atoms with E-state index in [-0.39, 0.29) is 11.9 Å². The molecular weight excluding hydrogens is 222 g/mol. The van der Waals surface area contributed by atoms with Gasteiger partial charge in [-0.2, -0.15) is 0 Å². The van der Waals surface area contributed by atoms with Crippen molar-refractivity contribution >= 4 is 11.9 Å². The summed E-state index contributed by atoms with van der Waals surface area (Å²) in [6, 6.07) is -0.198. The molecule has 1 amide bonds. The molecule has 1 saturated carbocycles. The van der Waals surface area contributed by atoms with Gasteiger partial charge in [0.2, 0.25) is 5.91 Å².